The molecule has 1 aromatic carbocycles. The summed E-state index contributed by atoms with van der Waals surface area (Å²) >= 11 is 0. The SMILES string of the molecule is CCNC(=NCc1ccc(F)c(CO)c1)NCCCOCCOC. The Kier molecular flexibility index (Phi) is 10.8. The third-order valence-electron chi connectivity index (χ3n) is 3.23. The Morgan fingerprint density at radius 3 is 2.79 bits per heavy atom. The zero-order chi connectivity index (χ0) is 17.6. The molecule has 1 rings (SSSR count). The highest BCUT2D eigenvalue weighted by Gasteiger charge is 2.03. The summed E-state index contributed by atoms with van der Waals surface area (Å²) in [7, 11) is 1.65. The topological polar surface area (TPSA) is 75.1 Å². The van der Waals surface area contributed by atoms with Gasteiger partial charge in [0, 0.05) is 32.4 Å². The first-order chi connectivity index (χ1) is 11.7. The van der Waals surface area contributed by atoms with Crippen molar-refractivity contribution >= 4 is 5.96 Å². The largest absolute Gasteiger partial charge is 0.392 e. The molecule has 0 saturated carbocycles. The second-order valence-corrected chi connectivity index (χ2v) is 5.16. The molecule has 0 aliphatic rings. The third kappa shape index (κ3) is 8.24. The lowest BCUT2D eigenvalue weighted by molar-refractivity contribution is 0.0698. The molecule has 0 saturated heterocycles. The molecule has 0 unspecified atom stereocenters. The van der Waals surface area contributed by atoms with Gasteiger partial charge in [0.05, 0.1) is 26.4 Å². The van der Waals surface area contributed by atoms with Crippen LogP contribution in [0.4, 0.5) is 4.39 Å². The van der Waals surface area contributed by atoms with E-state index in [9.17, 15) is 4.39 Å². The van der Waals surface area contributed by atoms with Gasteiger partial charge >= 0.3 is 0 Å². The highest BCUT2D eigenvalue weighted by molar-refractivity contribution is 5.79. The Balaban J connectivity index is 2.41. The lowest BCUT2D eigenvalue weighted by Crippen LogP contribution is -2.38. The van der Waals surface area contributed by atoms with Crippen molar-refractivity contribution in [2.24, 2.45) is 4.99 Å². The molecule has 0 bridgehead atoms. The maximum absolute atomic E-state index is 13.4. The summed E-state index contributed by atoms with van der Waals surface area (Å²) in [5, 5.41) is 15.5. The number of aliphatic imine (C=N–C) groups is 1. The van der Waals surface area contributed by atoms with Gasteiger partial charge in [-0.3, -0.25) is 0 Å². The van der Waals surface area contributed by atoms with Gasteiger partial charge in [0.15, 0.2) is 5.96 Å². The van der Waals surface area contributed by atoms with Gasteiger partial charge in [0.1, 0.15) is 5.82 Å². The van der Waals surface area contributed by atoms with Gasteiger partial charge in [-0.1, -0.05) is 6.07 Å². The Morgan fingerprint density at radius 2 is 2.08 bits per heavy atom. The van der Waals surface area contributed by atoms with Gasteiger partial charge in [-0.25, -0.2) is 9.38 Å². The second kappa shape index (κ2) is 12.7. The van der Waals surface area contributed by atoms with Crippen LogP contribution in [0.1, 0.15) is 24.5 Å². The Hall–Kier alpha value is -1.70. The zero-order valence-electron chi connectivity index (χ0n) is 14.5. The van der Waals surface area contributed by atoms with Gasteiger partial charge in [-0.2, -0.15) is 0 Å². The van der Waals surface area contributed by atoms with E-state index >= 15 is 0 Å². The van der Waals surface area contributed by atoms with Crippen molar-refractivity contribution in [1.82, 2.24) is 10.6 Å². The van der Waals surface area contributed by atoms with Crippen LogP contribution in [0.25, 0.3) is 0 Å². The molecular formula is C17H28FN3O3. The van der Waals surface area contributed by atoms with E-state index in [1.807, 2.05) is 6.92 Å². The van der Waals surface area contributed by atoms with Crippen LogP contribution in [-0.2, 0) is 22.6 Å². The summed E-state index contributed by atoms with van der Waals surface area (Å²) in [6, 6.07) is 4.66. The van der Waals surface area contributed by atoms with Crippen molar-refractivity contribution in [2.45, 2.75) is 26.5 Å². The third-order valence-corrected chi connectivity index (χ3v) is 3.23. The number of methoxy groups -OCH3 is 1. The lowest BCUT2D eigenvalue weighted by Gasteiger charge is -2.11. The van der Waals surface area contributed by atoms with Gasteiger partial charge in [0.2, 0.25) is 0 Å². The van der Waals surface area contributed by atoms with Crippen molar-refractivity contribution in [3.63, 3.8) is 0 Å². The predicted octanol–water partition coefficient (Wildman–Crippen LogP) is 1.43. The van der Waals surface area contributed by atoms with Crippen molar-refractivity contribution in [1.29, 1.82) is 0 Å². The number of hydrogen-bond acceptors (Lipinski definition) is 4. The first-order valence-electron chi connectivity index (χ1n) is 8.18. The van der Waals surface area contributed by atoms with E-state index in [4.69, 9.17) is 14.6 Å². The van der Waals surface area contributed by atoms with Crippen LogP contribution in [0, 0.1) is 5.82 Å². The van der Waals surface area contributed by atoms with E-state index < -0.39 is 5.82 Å². The standard InChI is InChI=1S/C17H28FN3O3/c1-3-19-17(20-7-4-8-24-10-9-23-2)21-12-14-5-6-16(18)15(11-14)13-22/h5-6,11,22H,3-4,7-10,12-13H2,1-2H3,(H2,19,20,21). The number of rotatable bonds is 11. The molecule has 0 amide bonds. The highest BCUT2D eigenvalue weighted by Crippen LogP contribution is 2.11. The fourth-order valence-electron chi connectivity index (χ4n) is 1.99. The van der Waals surface area contributed by atoms with E-state index in [2.05, 4.69) is 15.6 Å². The number of guanidine groups is 1. The number of benzene rings is 1. The fraction of sp³-hybridized carbons (Fsp3) is 0.588. The highest BCUT2D eigenvalue weighted by atomic mass is 19.1. The molecule has 136 valence electrons. The number of aliphatic hydroxyl groups excluding tert-OH is 1. The quantitative estimate of drug-likeness (QED) is 0.322. The summed E-state index contributed by atoms with van der Waals surface area (Å²) in [6.07, 6.45) is 0.860. The first kappa shape index (κ1) is 20.3. The molecule has 7 heteroatoms. The summed E-state index contributed by atoms with van der Waals surface area (Å²) in [5.74, 6) is 0.299. The van der Waals surface area contributed by atoms with Crippen molar-refractivity contribution in [3.05, 3.63) is 35.1 Å². The maximum atomic E-state index is 13.4. The minimum Gasteiger partial charge on any atom is -0.392 e. The molecule has 0 aliphatic carbocycles. The summed E-state index contributed by atoms with van der Waals surface area (Å²) < 4.78 is 23.7. The van der Waals surface area contributed by atoms with E-state index in [-0.39, 0.29) is 12.2 Å². The number of ether oxygens (including phenoxy) is 2. The molecule has 0 aliphatic heterocycles. The molecule has 1 aromatic rings. The van der Waals surface area contributed by atoms with Gasteiger partial charge in [-0.05, 0) is 31.0 Å². The molecule has 0 radical (unpaired) electrons. The number of nitrogens with one attached hydrogen (secondary N) is 2. The fourth-order valence-corrected chi connectivity index (χ4v) is 1.99. The molecule has 24 heavy (non-hydrogen) atoms. The van der Waals surface area contributed by atoms with Crippen LogP contribution < -0.4 is 10.6 Å². The Morgan fingerprint density at radius 1 is 1.25 bits per heavy atom. The lowest BCUT2D eigenvalue weighted by atomic mass is 10.1. The minimum atomic E-state index is -0.399. The summed E-state index contributed by atoms with van der Waals surface area (Å²) in [6.45, 7) is 5.44. The van der Waals surface area contributed by atoms with Crippen LogP contribution in [0.3, 0.4) is 0 Å². The monoisotopic (exact) mass is 341 g/mol. The molecule has 0 atom stereocenters. The summed E-state index contributed by atoms with van der Waals surface area (Å²) in [5.41, 5.74) is 1.13. The molecular weight excluding hydrogens is 313 g/mol. The van der Waals surface area contributed by atoms with E-state index in [1.54, 1.807) is 19.2 Å². The number of aliphatic hydroxyl groups is 1. The van der Waals surface area contributed by atoms with Crippen LogP contribution in [0.15, 0.2) is 23.2 Å². The first-order valence-corrected chi connectivity index (χ1v) is 8.18. The van der Waals surface area contributed by atoms with E-state index in [1.165, 1.54) is 6.07 Å². The van der Waals surface area contributed by atoms with Gasteiger partial charge in [-0.15, -0.1) is 0 Å². The molecule has 3 N–H and O–H groups in total. The minimum absolute atomic E-state index is 0.286. The van der Waals surface area contributed by atoms with Crippen molar-refractivity contribution in [2.75, 3.05) is 40.0 Å². The molecule has 0 aromatic heterocycles. The Bertz CT molecular complexity index is 498. The average Bonchev–Trinajstić information content (AvgIpc) is 2.59. The number of nitrogens with zero attached hydrogens (tertiary/aromatic N) is 1. The molecule has 6 nitrogen and oxygen atoms in total. The maximum Gasteiger partial charge on any atom is 0.191 e. The summed E-state index contributed by atoms with van der Waals surface area (Å²) in [4.78, 5) is 4.47. The zero-order valence-corrected chi connectivity index (χ0v) is 14.5. The molecule has 0 heterocycles. The smallest absolute Gasteiger partial charge is 0.191 e. The molecule has 0 fully saturated rings. The normalized spacial score (nSPS) is 11.6. The number of hydrogen-bond donors (Lipinski definition) is 3. The molecule has 0 spiro atoms. The van der Waals surface area contributed by atoms with E-state index in [0.29, 0.717) is 32.3 Å². The van der Waals surface area contributed by atoms with E-state index in [0.717, 1.165) is 25.1 Å². The van der Waals surface area contributed by atoms with Crippen LogP contribution in [-0.4, -0.2) is 51.1 Å². The Labute approximate surface area is 143 Å². The number of halogens is 1. The predicted molar refractivity (Wildman–Crippen MR) is 92.5 cm³/mol. The van der Waals surface area contributed by atoms with Gasteiger partial charge in [0.25, 0.3) is 0 Å². The second-order valence-electron chi connectivity index (χ2n) is 5.16. The van der Waals surface area contributed by atoms with Crippen molar-refractivity contribution < 1.29 is 19.0 Å². The van der Waals surface area contributed by atoms with Crippen molar-refractivity contribution in [3.8, 4) is 0 Å². The average molecular weight is 341 g/mol. The van der Waals surface area contributed by atoms with Crippen LogP contribution >= 0.6 is 0 Å². The van der Waals surface area contributed by atoms with Gasteiger partial charge < -0.3 is 25.2 Å². The van der Waals surface area contributed by atoms with Crippen LogP contribution in [0.5, 0.6) is 0 Å². The van der Waals surface area contributed by atoms with Crippen LogP contribution in [0.2, 0.25) is 0 Å².